The van der Waals surface area contributed by atoms with Crippen molar-refractivity contribution in [2.75, 3.05) is 6.54 Å². The number of carboxylic acids is 1. The molecule has 0 spiro atoms. The van der Waals surface area contributed by atoms with Gasteiger partial charge in [0.25, 0.3) is 0 Å². The average Bonchev–Trinajstić information content (AvgIpc) is 2.82. The van der Waals surface area contributed by atoms with Crippen LogP contribution in [0.25, 0.3) is 0 Å². The van der Waals surface area contributed by atoms with Crippen LogP contribution in [0.2, 0.25) is 10.0 Å². The molecule has 1 aromatic rings. The molecule has 1 amide bonds. The van der Waals surface area contributed by atoms with E-state index in [1.54, 1.807) is 20.8 Å². The number of hydrogen-bond acceptors (Lipinski definition) is 5. The molecule has 2 N–H and O–H groups in total. The minimum absolute atomic E-state index is 0.103. The molecule has 0 aliphatic carbocycles. The summed E-state index contributed by atoms with van der Waals surface area (Å²) in [7, 11) is -4.25. The second kappa shape index (κ2) is 7.70. The number of carboxylic acid groups (broad SMARTS) is 1. The molecule has 11 heteroatoms. The first kappa shape index (κ1) is 22.7. The van der Waals surface area contributed by atoms with Crippen molar-refractivity contribution >= 4 is 45.3 Å². The molecule has 0 aromatic heterocycles. The number of carbonyl (C=O) groups excluding carboxylic acids is 1. The first-order valence-corrected chi connectivity index (χ1v) is 10.6. The SMILES string of the molecule is CC(C)(C)OC(=O)N[C@H]1CN(S(=O)(=O)c2cc(Cl)cc(Cl)c2)C(C)(C(=O)O)C1. The number of sulfonamides is 1. The summed E-state index contributed by atoms with van der Waals surface area (Å²) >= 11 is 11.8. The Morgan fingerprint density at radius 2 is 1.79 bits per heavy atom. The minimum atomic E-state index is -4.25. The molecule has 0 saturated carbocycles. The van der Waals surface area contributed by atoms with Crippen molar-refractivity contribution in [1.29, 1.82) is 0 Å². The van der Waals surface area contributed by atoms with Gasteiger partial charge in [-0.2, -0.15) is 4.31 Å². The summed E-state index contributed by atoms with van der Waals surface area (Å²) in [4.78, 5) is 23.7. The summed E-state index contributed by atoms with van der Waals surface area (Å²) in [6.45, 7) is 6.09. The normalized spacial score (nSPS) is 23.4. The molecule has 1 fully saturated rings. The molecule has 0 bridgehead atoms. The molecular weight excluding hydrogens is 431 g/mol. The maximum absolute atomic E-state index is 13.1. The van der Waals surface area contributed by atoms with E-state index in [1.807, 2.05) is 0 Å². The van der Waals surface area contributed by atoms with Crippen LogP contribution < -0.4 is 5.32 Å². The van der Waals surface area contributed by atoms with Crippen molar-refractivity contribution in [2.45, 2.75) is 56.2 Å². The zero-order valence-corrected chi connectivity index (χ0v) is 18.2. The molecular formula is C17H22Cl2N2O6S. The van der Waals surface area contributed by atoms with E-state index in [1.165, 1.54) is 25.1 Å². The van der Waals surface area contributed by atoms with E-state index in [0.717, 1.165) is 4.31 Å². The number of carbonyl (C=O) groups is 2. The second-order valence-electron chi connectivity index (χ2n) is 7.77. The van der Waals surface area contributed by atoms with Gasteiger partial charge in [0.05, 0.1) is 4.90 Å². The van der Waals surface area contributed by atoms with Crippen LogP contribution in [0.4, 0.5) is 4.79 Å². The quantitative estimate of drug-likeness (QED) is 0.725. The van der Waals surface area contributed by atoms with Gasteiger partial charge < -0.3 is 15.2 Å². The van der Waals surface area contributed by atoms with Gasteiger partial charge in [0, 0.05) is 22.6 Å². The number of nitrogens with one attached hydrogen (secondary N) is 1. The summed E-state index contributed by atoms with van der Waals surface area (Å²) in [5.74, 6) is -1.34. The Morgan fingerprint density at radius 3 is 2.25 bits per heavy atom. The molecule has 0 radical (unpaired) electrons. The fourth-order valence-electron chi connectivity index (χ4n) is 2.98. The Kier molecular flexibility index (Phi) is 6.25. The van der Waals surface area contributed by atoms with E-state index < -0.39 is 39.3 Å². The van der Waals surface area contributed by atoms with Crippen LogP contribution in [0.3, 0.4) is 0 Å². The summed E-state index contributed by atoms with van der Waals surface area (Å²) in [5, 5.41) is 12.4. The monoisotopic (exact) mass is 452 g/mol. The molecule has 1 heterocycles. The highest BCUT2D eigenvalue weighted by Crippen LogP contribution is 2.36. The van der Waals surface area contributed by atoms with Gasteiger partial charge in [0.1, 0.15) is 11.1 Å². The van der Waals surface area contributed by atoms with Crippen LogP contribution in [0, 0.1) is 0 Å². The molecule has 1 aliphatic rings. The highest BCUT2D eigenvalue weighted by molar-refractivity contribution is 7.89. The number of amides is 1. The van der Waals surface area contributed by atoms with Crippen molar-refractivity contribution in [3.63, 3.8) is 0 Å². The lowest BCUT2D eigenvalue weighted by Crippen LogP contribution is -2.50. The highest BCUT2D eigenvalue weighted by Gasteiger charge is 2.54. The molecule has 2 rings (SSSR count). The Bertz CT molecular complexity index is 879. The summed E-state index contributed by atoms with van der Waals surface area (Å²) in [6.07, 6.45) is -0.884. The molecule has 8 nitrogen and oxygen atoms in total. The first-order chi connectivity index (χ1) is 12.6. The van der Waals surface area contributed by atoms with Gasteiger partial charge in [0.2, 0.25) is 10.0 Å². The van der Waals surface area contributed by atoms with Gasteiger partial charge in [-0.25, -0.2) is 13.2 Å². The number of alkyl carbamates (subject to hydrolysis) is 1. The van der Waals surface area contributed by atoms with Crippen LogP contribution in [-0.2, 0) is 19.6 Å². The Morgan fingerprint density at radius 1 is 1.25 bits per heavy atom. The standard InChI is InChI=1S/C17H22Cl2N2O6S/c1-16(2,3)27-15(24)20-12-8-17(4,14(22)23)21(9-12)28(25,26)13-6-10(18)5-11(19)7-13/h5-7,12H,8-9H2,1-4H3,(H,20,24)(H,22,23)/t12-,17?/m1/s1. The first-order valence-electron chi connectivity index (χ1n) is 8.37. The van der Waals surface area contributed by atoms with E-state index in [2.05, 4.69) is 5.32 Å². The fourth-order valence-corrected chi connectivity index (χ4v) is 5.50. The number of nitrogens with zero attached hydrogens (tertiary/aromatic N) is 1. The van der Waals surface area contributed by atoms with Crippen LogP contribution in [-0.4, -0.2) is 53.6 Å². The smallest absolute Gasteiger partial charge is 0.407 e. The Labute approximate surface area is 173 Å². The fraction of sp³-hybridized carbons (Fsp3) is 0.529. The lowest BCUT2D eigenvalue weighted by molar-refractivity contribution is -0.146. The van der Waals surface area contributed by atoms with E-state index in [9.17, 15) is 23.1 Å². The molecule has 1 unspecified atom stereocenters. The average molecular weight is 453 g/mol. The lowest BCUT2D eigenvalue weighted by Gasteiger charge is -2.29. The van der Waals surface area contributed by atoms with Crippen molar-refractivity contribution in [1.82, 2.24) is 9.62 Å². The number of rotatable bonds is 4. The molecule has 2 atom stereocenters. The van der Waals surface area contributed by atoms with Crippen LogP contribution in [0.1, 0.15) is 34.1 Å². The summed E-state index contributed by atoms with van der Waals surface area (Å²) in [5.41, 5.74) is -2.52. The number of benzene rings is 1. The number of ether oxygens (including phenoxy) is 1. The molecule has 28 heavy (non-hydrogen) atoms. The van der Waals surface area contributed by atoms with Crippen molar-refractivity contribution in [2.24, 2.45) is 0 Å². The zero-order valence-electron chi connectivity index (χ0n) is 15.8. The second-order valence-corrected chi connectivity index (χ2v) is 10.5. The largest absolute Gasteiger partial charge is 0.480 e. The van der Waals surface area contributed by atoms with Gasteiger partial charge in [-0.3, -0.25) is 4.79 Å². The Hall–Kier alpha value is -1.55. The van der Waals surface area contributed by atoms with E-state index in [0.29, 0.717) is 0 Å². The Balaban J connectivity index is 2.36. The summed E-state index contributed by atoms with van der Waals surface area (Å²) in [6, 6.07) is 3.01. The van der Waals surface area contributed by atoms with Crippen LogP contribution in [0.5, 0.6) is 0 Å². The van der Waals surface area contributed by atoms with Gasteiger partial charge >= 0.3 is 12.1 Å². The van der Waals surface area contributed by atoms with Gasteiger partial charge in [-0.05, 0) is 52.3 Å². The number of halogens is 2. The van der Waals surface area contributed by atoms with Gasteiger partial charge in [-0.1, -0.05) is 23.2 Å². The summed E-state index contributed by atoms with van der Waals surface area (Å²) < 4.78 is 32.2. The van der Waals surface area contributed by atoms with Crippen molar-refractivity contribution < 1.29 is 27.9 Å². The number of aliphatic carboxylic acids is 1. The predicted molar refractivity (Wildman–Crippen MR) is 104 cm³/mol. The van der Waals surface area contributed by atoms with E-state index >= 15 is 0 Å². The lowest BCUT2D eigenvalue weighted by atomic mass is 9.99. The maximum Gasteiger partial charge on any atom is 0.407 e. The highest BCUT2D eigenvalue weighted by atomic mass is 35.5. The van der Waals surface area contributed by atoms with Crippen LogP contribution in [0.15, 0.2) is 23.1 Å². The van der Waals surface area contributed by atoms with Gasteiger partial charge in [-0.15, -0.1) is 0 Å². The van der Waals surface area contributed by atoms with E-state index in [-0.39, 0.29) is 27.9 Å². The third-order valence-corrected chi connectivity index (χ3v) is 6.59. The maximum atomic E-state index is 13.1. The predicted octanol–water partition coefficient (Wildman–Crippen LogP) is 3.12. The molecule has 1 saturated heterocycles. The minimum Gasteiger partial charge on any atom is -0.480 e. The molecule has 156 valence electrons. The van der Waals surface area contributed by atoms with Gasteiger partial charge in [0.15, 0.2) is 0 Å². The molecule has 1 aliphatic heterocycles. The van der Waals surface area contributed by atoms with Crippen molar-refractivity contribution in [3.8, 4) is 0 Å². The number of hydrogen-bond donors (Lipinski definition) is 2. The topological polar surface area (TPSA) is 113 Å². The third kappa shape index (κ3) is 4.89. The molecule has 1 aromatic carbocycles. The van der Waals surface area contributed by atoms with Crippen LogP contribution >= 0.6 is 23.2 Å². The van der Waals surface area contributed by atoms with E-state index in [4.69, 9.17) is 27.9 Å². The zero-order chi connectivity index (χ0) is 21.5. The van der Waals surface area contributed by atoms with Crippen molar-refractivity contribution in [3.05, 3.63) is 28.2 Å². The third-order valence-electron chi connectivity index (χ3n) is 4.19.